The van der Waals surface area contributed by atoms with Crippen molar-refractivity contribution in [1.29, 1.82) is 0 Å². The van der Waals surface area contributed by atoms with E-state index in [9.17, 15) is 0 Å². The molecular formula is C13H23N5O. The first-order chi connectivity index (χ1) is 9.26. The van der Waals surface area contributed by atoms with E-state index in [0.717, 1.165) is 50.2 Å². The number of methoxy groups -OCH3 is 1. The average Bonchev–Trinajstić information content (AvgIpc) is 2.47. The van der Waals surface area contributed by atoms with Crippen molar-refractivity contribution in [2.24, 2.45) is 0 Å². The van der Waals surface area contributed by atoms with Gasteiger partial charge in [-0.15, -0.1) is 0 Å². The first-order valence-corrected chi connectivity index (χ1v) is 6.78. The quantitative estimate of drug-likeness (QED) is 0.850. The van der Waals surface area contributed by atoms with Crippen LogP contribution in [0.25, 0.3) is 0 Å². The summed E-state index contributed by atoms with van der Waals surface area (Å²) in [6.07, 6.45) is 0. The molecule has 0 bridgehead atoms. The molecule has 0 aromatic carbocycles. The van der Waals surface area contributed by atoms with Gasteiger partial charge in [-0.1, -0.05) is 6.92 Å². The largest absolute Gasteiger partial charge is 0.377 e. The lowest BCUT2D eigenvalue weighted by molar-refractivity contribution is 0.178. The summed E-state index contributed by atoms with van der Waals surface area (Å²) in [6, 6.07) is 2.00. The summed E-state index contributed by atoms with van der Waals surface area (Å²) in [5, 5.41) is 3.08. The summed E-state index contributed by atoms with van der Waals surface area (Å²) in [5.74, 6) is 2.55. The first-order valence-electron chi connectivity index (χ1n) is 6.78. The first kappa shape index (κ1) is 14.0. The van der Waals surface area contributed by atoms with Gasteiger partial charge in [-0.3, -0.25) is 0 Å². The second-order valence-corrected chi connectivity index (χ2v) is 4.63. The second kappa shape index (κ2) is 6.68. The van der Waals surface area contributed by atoms with Crippen molar-refractivity contribution in [3.05, 3.63) is 11.9 Å². The molecule has 1 aliphatic rings. The maximum Gasteiger partial charge on any atom is 0.158 e. The van der Waals surface area contributed by atoms with E-state index in [1.165, 1.54) is 0 Å². The highest BCUT2D eigenvalue weighted by Gasteiger charge is 2.18. The Morgan fingerprint density at radius 2 is 2.00 bits per heavy atom. The second-order valence-electron chi connectivity index (χ2n) is 4.63. The highest BCUT2D eigenvalue weighted by molar-refractivity contribution is 5.49. The number of hydrogen-bond acceptors (Lipinski definition) is 6. The van der Waals surface area contributed by atoms with E-state index >= 15 is 0 Å². The summed E-state index contributed by atoms with van der Waals surface area (Å²) >= 11 is 0. The van der Waals surface area contributed by atoms with Crippen molar-refractivity contribution in [1.82, 2.24) is 14.9 Å². The van der Waals surface area contributed by atoms with Crippen LogP contribution in [0, 0.1) is 0 Å². The van der Waals surface area contributed by atoms with E-state index in [1.54, 1.807) is 7.11 Å². The van der Waals surface area contributed by atoms with E-state index in [1.807, 2.05) is 13.1 Å². The third-order valence-electron chi connectivity index (χ3n) is 3.43. The molecule has 2 rings (SSSR count). The molecule has 0 saturated carbocycles. The fourth-order valence-corrected chi connectivity index (χ4v) is 2.26. The van der Waals surface area contributed by atoms with Crippen LogP contribution in [-0.4, -0.2) is 61.7 Å². The number of rotatable bonds is 5. The highest BCUT2D eigenvalue weighted by atomic mass is 16.5. The highest BCUT2D eigenvalue weighted by Crippen LogP contribution is 2.17. The minimum absolute atomic E-state index is 0.442. The zero-order valence-electron chi connectivity index (χ0n) is 12.0. The monoisotopic (exact) mass is 265 g/mol. The third-order valence-corrected chi connectivity index (χ3v) is 3.43. The molecule has 1 N–H and O–H groups in total. The minimum atomic E-state index is 0.442. The number of piperazine rings is 1. The third kappa shape index (κ3) is 3.54. The molecule has 19 heavy (non-hydrogen) atoms. The molecule has 0 amide bonds. The van der Waals surface area contributed by atoms with Crippen molar-refractivity contribution >= 4 is 11.6 Å². The predicted octanol–water partition coefficient (Wildman–Crippen LogP) is 0.807. The van der Waals surface area contributed by atoms with Gasteiger partial charge in [-0.05, 0) is 6.54 Å². The van der Waals surface area contributed by atoms with E-state index in [-0.39, 0.29) is 0 Å². The zero-order valence-corrected chi connectivity index (χ0v) is 12.0. The normalized spacial score (nSPS) is 16.7. The van der Waals surface area contributed by atoms with Crippen LogP contribution < -0.4 is 10.2 Å². The van der Waals surface area contributed by atoms with Gasteiger partial charge in [0.1, 0.15) is 18.2 Å². The molecule has 1 aliphatic heterocycles. The van der Waals surface area contributed by atoms with Crippen LogP contribution in [-0.2, 0) is 11.3 Å². The average molecular weight is 265 g/mol. The fourth-order valence-electron chi connectivity index (χ4n) is 2.26. The number of hydrogen-bond donors (Lipinski definition) is 1. The molecule has 6 heteroatoms. The molecule has 0 spiro atoms. The molecular weight excluding hydrogens is 242 g/mol. The van der Waals surface area contributed by atoms with Gasteiger partial charge in [-0.25, -0.2) is 9.97 Å². The summed E-state index contributed by atoms with van der Waals surface area (Å²) in [5.41, 5.74) is 0. The van der Waals surface area contributed by atoms with Gasteiger partial charge in [0, 0.05) is 46.4 Å². The van der Waals surface area contributed by atoms with Gasteiger partial charge in [0.05, 0.1) is 0 Å². The molecule has 0 atom stereocenters. The number of anilines is 2. The van der Waals surface area contributed by atoms with Crippen molar-refractivity contribution in [3.63, 3.8) is 0 Å². The van der Waals surface area contributed by atoms with Gasteiger partial charge < -0.3 is 19.9 Å². The Labute approximate surface area is 114 Å². The molecule has 0 unspecified atom stereocenters. The van der Waals surface area contributed by atoms with Crippen molar-refractivity contribution in [2.75, 3.05) is 57.1 Å². The van der Waals surface area contributed by atoms with Gasteiger partial charge in [0.2, 0.25) is 0 Å². The van der Waals surface area contributed by atoms with Gasteiger partial charge >= 0.3 is 0 Å². The molecule has 6 nitrogen and oxygen atoms in total. The van der Waals surface area contributed by atoms with Crippen molar-refractivity contribution in [2.45, 2.75) is 13.5 Å². The Kier molecular flexibility index (Phi) is 4.93. The lowest BCUT2D eigenvalue weighted by atomic mass is 10.3. The van der Waals surface area contributed by atoms with Gasteiger partial charge in [0.15, 0.2) is 5.82 Å². The fraction of sp³-hybridized carbons (Fsp3) is 0.692. The molecule has 1 aromatic heterocycles. The predicted molar refractivity (Wildman–Crippen MR) is 76.6 cm³/mol. The van der Waals surface area contributed by atoms with Crippen LogP contribution in [0.15, 0.2) is 6.07 Å². The summed E-state index contributed by atoms with van der Waals surface area (Å²) < 4.78 is 5.12. The molecule has 0 aliphatic carbocycles. The number of ether oxygens (including phenoxy) is 1. The topological polar surface area (TPSA) is 53.5 Å². The van der Waals surface area contributed by atoms with Crippen molar-refractivity contribution < 1.29 is 4.74 Å². The summed E-state index contributed by atoms with van der Waals surface area (Å²) in [4.78, 5) is 13.7. The Morgan fingerprint density at radius 3 is 2.58 bits per heavy atom. The van der Waals surface area contributed by atoms with Crippen LogP contribution in [0.3, 0.4) is 0 Å². The SMILES string of the molecule is CCN1CCN(c2cc(NC)nc(COC)n2)CC1. The van der Waals surface area contributed by atoms with E-state index in [0.29, 0.717) is 6.61 Å². The number of nitrogens with zero attached hydrogens (tertiary/aromatic N) is 4. The molecule has 106 valence electrons. The van der Waals surface area contributed by atoms with E-state index < -0.39 is 0 Å². The Morgan fingerprint density at radius 1 is 1.26 bits per heavy atom. The molecule has 1 fully saturated rings. The molecule has 0 radical (unpaired) electrons. The van der Waals surface area contributed by atoms with Gasteiger partial charge in [0.25, 0.3) is 0 Å². The standard InChI is InChI=1S/C13H23N5O/c1-4-17-5-7-18(8-6-17)13-9-11(14-2)15-12(16-13)10-19-3/h9H,4-8,10H2,1-3H3,(H,14,15,16). The number of nitrogens with one attached hydrogen (secondary N) is 1. The van der Waals surface area contributed by atoms with E-state index in [4.69, 9.17) is 4.74 Å². The lowest BCUT2D eigenvalue weighted by Gasteiger charge is -2.34. The van der Waals surface area contributed by atoms with Crippen LogP contribution in [0.5, 0.6) is 0 Å². The van der Waals surface area contributed by atoms with Crippen LogP contribution >= 0.6 is 0 Å². The maximum absolute atomic E-state index is 5.12. The van der Waals surface area contributed by atoms with E-state index in [2.05, 4.69) is 32.0 Å². The summed E-state index contributed by atoms with van der Waals surface area (Å²) in [6.45, 7) is 7.98. The zero-order chi connectivity index (χ0) is 13.7. The molecule has 2 heterocycles. The Balaban J connectivity index is 2.12. The Bertz CT molecular complexity index is 404. The Hall–Kier alpha value is -1.40. The maximum atomic E-state index is 5.12. The van der Waals surface area contributed by atoms with Crippen molar-refractivity contribution in [3.8, 4) is 0 Å². The minimum Gasteiger partial charge on any atom is -0.377 e. The molecule has 1 saturated heterocycles. The van der Waals surface area contributed by atoms with Gasteiger partial charge in [-0.2, -0.15) is 0 Å². The van der Waals surface area contributed by atoms with Crippen LogP contribution in [0.1, 0.15) is 12.7 Å². The van der Waals surface area contributed by atoms with Crippen LogP contribution in [0.4, 0.5) is 11.6 Å². The summed E-state index contributed by atoms with van der Waals surface area (Å²) in [7, 11) is 3.53. The van der Waals surface area contributed by atoms with Crippen LogP contribution in [0.2, 0.25) is 0 Å². The smallest absolute Gasteiger partial charge is 0.158 e. The number of likely N-dealkylation sites (N-methyl/N-ethyl adjacent to an activating group) is 1. The molecule has 1 aromatic rings. The lowest BCUT2D eigenvalue weighted by Crippen LogP contribution is -2.46. The number of aromatic nitrogens is 2.